The van der Waals surface area contributed by atoms with Gasteiger partial charge >= 0.3 is 0 Å². The summed E-state index contributed by atoms with van der Waals surface area (Å²) in [5.74, 6) is 0. The summed E-state index contributed by atoms with van der Waals surface area (Å²) in [4.78, 5) is 2.07. The second-order valence-corrected chi connectivity index (χ2v) is 3.71. The fourth-order valence-electron chi connectivity index (χ4n) is 1.55. The molecule has 0 unspecified atom stereocenters. The lowest BCUT2D eigenvalue weighted by Gasteiger charge is -2.15. The SMILES string of the molecule is CCC=CN(C)c1ccc(C#N)c(CC)c1. The molecule has 0 saturated carbocycles. The summed E-state index contributed by atoms with van der Waals surface area (Å²) in [6.07, 6.45) is 6.09. The summed E-state index contributed by atoms with van der Waals surface area (Å²) in [5.41, 5.74) is 3.01. The van der Waals surface area contributed by atoms with E-state index in [9.17, 15) is 0 Å². The highest BCUT2D eigenvalue weighted by Gasteiger charge is 2.03. The smallest absolute Gasteiger partial charge is 0.0994 e. The van der Waals surface area contributed by atoms with Crippen LogP contribution < -0.4 is 4.90 Å². The van der Waals surface area contributed by atoms with Crippen LogP contribution in [0.3, 0.4) is 0 Å². The second kappa shape index (κ2) is 5.97. The highest BCUT2D eigenvalue weighted by atomic mass is 15.1. The molecule has 1 aromatic rings. The van der Waals surface area contributed by atoms with Crippen molar-refractivity contribution >= 4 is 5.69 Å². The molecule has 0 saturated heterocycles. The predicted octanol–water partition coefficient (Wildman–Crippen LogP) is 3.48. The van der Waals surface area contributed by atoms with Crippen LogP contribution in [0.25, 0.3) is 0 Å². The molecule has 0 bridgehead atoms. The first kappa shape index (κ1) is 12.3. The third kappa shape index (κ3) is 2.87. The molecule has 0 aromatic heterocycles. The molecular formula is C14H18N2. The number of aryl methyl sites for hydroxylation is 1. The van der Waals surface area contributed by atoms with Gasteiger partial charge in [0.1, 0.15) is 0 Å². The van der Waals surface area contributed by atoms with E-state index in [-0.39, 0.29) is 0 Å². The van der Waals surface area contributed by atoms with E-state index >= 15 is 0 Å². The van der Waals surface area contributed by atoms with Crippen molar-refractivity contribution in [2.75, 3.05) is 11.9 Å². The minimum Gasteiger partial charge on any atom is -0.351 e. The Morgan fingerprint density at radius 2 is 2.12 bits per heavy atom. The summed E-state index contributed by atoms with van der Waals surface area (Å²) in [7, 11) is 2.02. The van der Waals surface area contributed by atoms with Crippen molar-refractivity contribution in [1.82, 2.24) is 0 Å². The quantitative estimate of drug-likeness (QED) is 0.767. The van der Waals surface area contributed by atoms with Gasteiger partial charge in [0.25, 0.3) is 0 Å². The van der Waals surface area contributed by atoms with Crippen molar-refractivity contribution in [3.8, 4) is 6.07 Å². The molecule has 0 atom stereocenters. The lowest BCUT2D eigenvalue weighted by molar-refractivity contribution is 1.10. The number of anilines is 1. The molecule has 84 valence electrons. The van der Waals surface area contributed by atoms with Gasteiger partial charge in [-0.3, -0.25) is 0 Å². The zero-order valence-corrected chi connectivity index (χ0v) is 10.2. The van der Waals surface area contributed by atoms with Gasteiger partial charge in [-0.1, -0.05) is 19.9 Å². The van der Waals surface area contributed by atoms with Crippen molar-refractivity contribution < 1.29 is 0 Å². The molecular weight excluding hydrogens is 196 g/mol. The zero-order chi connectivity index (χ0) is 12.0. The predicted molar refractivity (Wildman–Crippen MR) is 68.4 cm³/mol. The molecule has 0 radical (unpaired) electrons. The molecule has 0 aliphatic heterocycles. The first-order chi connectivity index (χ1) is 7.72. The molecule has 0 spiro atoms. The minimum atomic E-state index is 0.777. The summed E-state index contributed by atoms with van der Waals surface area (Å²) in [6.45, 7) is 4.18. The van der Waals surface area contributed by atoms with E-state index in [0.717, 1.165) is 29.7 Å². The average Bonchev–Trinajstić information content (AvgIpc) is 2.34. The van der Waals surface area contributed by atoms with Gasteiger partial charge in [-0.25, -0.2) is 0 Å². The maximum atomic E-state index is 8.94. The lowest BCUT2D eigenvalue weighted by Crippen LogP contribution is -2.08. The molecule has 2 nitrogen and oxygen atoms in total. The average molecular weight is 214 g/mol. The molecule has 0 fully saturated rings. The fraction of sp³-hybridized carbons (Fsp3) is 0.357. The van der Waals surface area contributed by atoms with Crippen LogP contribution in [0.1, 0.15) is 31.4 Å². The van der Waals surface area contributed by atoms with Crippen molar-refractivity contribution in [2.45, 2.75) is 26.7 Å². The molecule has 1 aromatic carbocycles. The maximum Gasteiger partial charge on any atom is 0.0994 e. The highest BCUT2D eigenvalue weighted by Crippen LogP contribution is 2.19. The van der Waals surface area contributed by atoms with Crippen LogP contribution >= 0.6 is 0 Å². The second-order valence-electron chi connectivity index (χ2n) is 3.71. The first-order valence-electron chi connectivity index (χ1n) is 5.65. The van der Waals surface area contributed by atoms with Gasteiger partial charge in [-0.05, 0) is 42.8 Å². The fourth-order valence-corrected chi connectivity index (χ4v) is 1.55. The van der Waals surface area contributed by atoms with Crippen LogP contribution in [-0.4, -0.2) is 7.05 Å². The van der Waals surface area contributed by atoms with Crippen LogP contribution in [0.5, 0.6) is 0 Å². The Balaban J connectivity index is 2.99. The number of nitriles is 1. The van der Waals surface area contributed by atoms with Crippen molar-refractivity contribution in [2.24, 2.45) is 0 Å². The molecule has 16 heavy (non-hydrogen) atoms. The number of benzene rings is 1. The van der Waals surface area contributed by atoms with E-state index in [4.69, 9.17) is 5.26 Å². The minimum absolute atomic E-state index is 0.777. The molecule has 0 aliphatic carbocycles. The molecule has 2 heteroatoms. The van der Waals surface area contributed by atoms with E-state index < -0.39 is 0 Å². The van der Waals surface area contributed by atoms with Crippen molar-refractivity contribution in [3.63, 3.8) is 0 Å². The largest absolute Gasteiger partial charge is 0.351 e. The van der Waals surface area contributed by atoms with Gasteiger partial charge < -0.3 is 4.90 Å². The van der Waals surface area contributed by atoms with E-state index in [0.29, 0.717) is 0 Å². The number of nitrogens with zero attached hydrogens (tertiary/aromatic N) is 2. The Morgan fingerprint density at radius 1 is 1.38 bits per heavy atom. The monoisotopic (exact) mass is 214 g/mol. The summed E-state index contributed by atoms with van der Waals surface area (Å²) in [5, 5.41) is 8.94. The Kier molecular flexibility index (Phi) is 4.60. The third-order valence-corrected chi connectivity index (χ3v) is 2.56. The lowest BCUT2D eigenvalue weighted by atomic mass is 10.1. The number of hydrogen-bond acceptors (Lipinski definition) is 2. The molecule has 1 rings (SSSR count). The van der Waals surface area contributed by atoms with Gasteiger partial charge in [-0.2, -0.15) is 5.26 Å². The molecule has 0 aliphatic rings. The van der Waals surface area contributed by atoms with E-state index in [1.165, 1.54) is 0 Å². The van der Waals surface area contributed by atoms with Crippen molar-refractivity contribution in [3.05, 3.63) is 41.6 Å². The van der Waals surface area contributed by atoms with Crippen molar-refractivity contribution in [1.29, 1.82) is 5.26 Å². The Labute approximate surface area is 97.8 Å². The van der Waals surface area contributed by atoms with Gasteiger partial charge in [0.05, 0.1) is 11.6 Å². The van der Waals surface area contributed by atoms with Gasteiger partial charge in [0.15, 0.2) is 0 Å². The summed E-state index contributed by atoms with van der Waals surface area (Å²) < 4.78 is 0. The van der Waals surface area contributed by atoms with Gasteiger partial charge in [-0.15, -0.1) is 0 Å². The highest BCUT2D eigenvalue weighted by molar-refractivity contribution is 5.55. The zero-order valence-electron chi connectivity index (χ0n) is 10.2. The number of allylic oxidation sites excluding steroid dienone is 1. The van der Waals surface area contributed by atoms with E-state index in [1.807, 2.05) is 19.2 Å². The van der Waals surface area contributed by atoms with E-state index in [2.05, 4.69) is 43.2 Å². The molecule has 0 amide bonds. The molecule has 0 N–H and O–H groups in total. The maximum absolute atomic E-state index is 8.94. The Bertz CT molecular complexity index is 413. The van der Waals surface area contributed by atoms with Gasteiger partial charge in [0.2, 0.25) is 0 Å². The Hall–Kier alpha value is -1.75. The Morgan fingerprint density at radius 3 is 2.69 bits per heavy atom. The van der Waals surface area contributed by atoms with Crippen LogP contribution in [0.15, 0.2) is 30.5 Å². The van der Waals surface area contributed by atoms with Gasteiger partial charge in [0, 0.05) is 12.7 Å². The normalized spacial score (nSPS) is 10.4. The number of rotatable bonds is 4. The first-order valence-corrected chi connectivity index (χ1v) is 5.65. The van der Waals surface area contributed by atoms with Crippen LogP contribution in [-0.2, 0) is 6.42 Å². The third-order valence-electron chi connectivity index (χ3n) is 2.56. The summed E-state index contributed by atoms with van der Waals surface area (Å²) in [6, 6.07) is 8.18. The van der Waals surface area contributed by atoms with E-state index in [1.54, 1.807) is 0 Å². The van der Waals surface area contributed by atoms with Crippen LogP contribution in [0, 0.1) is 11.3 Å². The van der Waals surface area contributed by atoms with Crippen LogP contribution in [0.4, 0.5) is 5.69 Å². The topological polar surface area (TPSA) is 27.0 Å². The standard InChI is InChI=1S/C14H18N2/c1-4-6-9-16(3)14-8-7-13(11-15)12(5-2)10-14/h6-10H,4-5H2,1-3H3. The number of hydrogen-bond donors (Lipinski definition) is 0. The summed E-state index contributed by atoms with van der Waals surface area (Å²) >= 11 is 0. The van der Waals surface area contributed by atoms with Crippen LogP contribution in [0.2, 0.25) is 0 Å². The molecule has 0 heterocycles.